The van der Waals surface area contributed by atoms with Crippen molar-refractivity contribution in [2.75, 3.05) is 5.32 Å². The Bertz CT molecular complexity index is 709. The van der Waals surface area contributed by atoms with E-state index in [0.29, 0.717) is 0 Å². The fourth-order valence-electron chi connectivity index (χ4n) is 3.07. The molecule has 0 bridgehead atoms. The van der Waals surface area contributed by atoms with Gasteiger partial charge in [-0.3, -0.25) is 4.79 Å². The van der Waals surface area contributed by atoms with Crippen LogP contribution in [0.3, 0.4) is 0 Å². The molecule has 1 aliphatic rings. The summed E-state index contributed by atoms with van der Waals surface area (Å²) in [7, 11) is 0. The molecule has 3 rings (SSSR count). The van der Waals surface area contributed by atoms with Crippen molar-refractivity contribution < 1.29 is 9.53 Å². The fraction of sp³-hybridized carbons (Fsp3) is 0.350. The Kier molecular flexibility index (Phi) is 4.65. The first-order chi connectivity index (χ1) is 11.1. The van der Waals surface area contributed by atoms with Crippen LogP contribution in [-0.4, -0.2) is 12.0 Å². The van der Waals surface area contributed by atoms with Gasteiger partial charge in [-0.05, 0) is 74.4 Å². The molecular weight excluding hydrogens is 286 g/mol. The highest BCUT2D eigenvalue weighted by Crippen LogP contribution is 2.30. The van der Waals surface area contributed by atoms with Gasteiger partial charge in [0.2, 0.25) is 0 Å². The molecule has 0 unspecified atom stereocenters. The number of hydrogen-bond donors (Lipinski definition) is 1. The van der Waals surface area contributed by atoms with Gasteiger partial charge in [-0.2, -0.15) is 0 Å². The highest BCUT2D eigenvalue weighted by Gasteiger charge is 2.19. The zero-order chi connectivity index (χ0) is 16.2. The van der Waals surface area contributed by atoms with Gasteiger partial charge in [-0.25, -0.2) is 0 Å². The zero-order valence-corrected chi connectivity index (χ0v) is 13.8. The molecule has 0 aromatic heterocycles. The van der Waals surface area contributed by atoms with Crippen LogP contribution < -0.4 is 10.1 Å². The molecule has 1 N–H and O–H groups in total. The third-order valence-electron chi connectivity index (χ3n) is 4.31. The van der Waals surface area contributed by atoms with Crippen LogP contribution in [0.15, 0.2) is 42.5 Å². The number of benzene rings is 2. The van der Waals surface area contributed by atoms with Gasteiger partial charge in [0.1, 0.15) is 5.75 Å². The van der Waals surface area contributed by atoms with Crippen molar-refractivity contribution in [2.24, 2.45) is 0 Å². The van der Waals surface area contributed by atoms with Crippen LogP contribution in [0.25, 0.3) is 0 Å². The van der Waals surface area contributed by atoms with E-state index < -0.39 is 6.10 Å². The highest BCUT2D eigenvalue weighted by molar-refractivity contribution is 5.94. The van der Waals surface area contributed by atoms with Gasteiger partial charge in [0.05, 0.1) is 0 Å². The Hall–Kier alpha value is -2.29. The van der Waals surface area contributed by atoms with Gasteiger partial charge < -0.3 is 10.1 Å². The Balaban J connectivity index is 1.69. The Morgan fingerprint density at radius 2 is 1.91 bits per heavy atom. The number of amides is 1. The predicted octanol–water partition coefficient (Wildman–Crippen LogP) is 4.28. The summed E-state index contributed by atoms with van der Waals surface area (Å²) in [6.07, 6.45) is 4.05. The van der Waals surface area contributed by atoms with Crippen LogP contribution in [0.1, 0.15) is 36.5 Å². The van der Waals surface area contributed by atoms with Gasteiger partial charge in [-0.15, -0.1) is 0 Å². The normalized spacial score (nSPS) is 14.7. The van der Waals surface area contributed by atoms with Gasteiger partial charge >= 0.3 is 0 Å². The van der Waals surface area contributed by atoms with Crippen LogP contribution >= 0.6 is 0 Å². The molecule has 1 amide bonds. The zero-order valence-electron chi connectivity index (χ0n) is 13.8. The molecule has 2 aromatic carbocycles. The fourth-order valence-corrected chi connectivity index (χ4v) is 3.07. The van der Waals surface area contributed by atoms with E-state index in [1.54, 1.807) is 6.92 Å². The molecule has 0 saturated heterocycles. The molecule has 23 heavy (non-hydrogen) atoms. The first-order valence-corrected chi connectivity index (χ1v) is 8.28. The van der Waals surface area contributed by atoms with Crippen molar-refractivity contribution in [3.8, 4) is 5.75 Å². The van der Waals surface area contributed by atoms with Crippen LogP contribution in [0.2, 0.25) is 0 Å². The van der Waals surface area contributed by atoms with Crippen molar-refractivity contribution in [3.05, 3.63) is 59.2 Å². The van der Waals surface area contributed by atoms with Crippen molar-refractivity contribution in [1.82, 2.24) is 0 Å². The minimum absolute atomic E-state index is 0.121. The lowest BCUT2D eigenvalue weighted by Gasteiger charge is -2.22. The second kappa shape index (κ2) is 6.86. The van der Waals surface area contributed by atoms with Crippen LogP contribution in [0, 0.1) is 6.92 Å². The van der Waals surface area contributed by atoms with E-state index in [0.717, 1.165) is 29.8 Å². The topological polar surface area (TPSA) is 38.3 Å². The molecule has 0 spiro atoms. The van der Waals surface area contributed by atoms with Gasteiger partial charge in [0.15, 0.2) is 6.10 Å². The molecule has 0 saturated carbocycles. The SMILES string of the molecule is Cc1cccc(NC(=O)[C@H](C)Oc2cccc3c2CCCC3)c1. The average Bonchev–Trinajstić information content (AvgIpc) is 2.55. The number of anilines is 1. The van der Waals surface area contributed by atoms with E-state index in [2.05, 4.69) is 11.4 Å². The van der Waals surface area contributed by atoms with E-state index in [1.807, 2.05) is 43.3 Å². The lowest BCUT2D eigenvalue weighted by atomic mass is 9.91. The van der Waals surface area contributed by atoms with E-state index in [-0.39, 0.29) is 5.91 Å². The van der Waals surface area contributed by atoms with Crippen LogP contribution in [0.4, 0.5) is 5.69 Å². The van der Waals surface area contributed by atoms with E-state index in [9.17, 15) is 4.79 Å². The molecule has 3 heteroatoms. The molecule has 120 valence electrons. The van der Waals surface area contributed by atoms with E-state index in [1.165, 1.54) is 24.0 Å². The molecule has 1 atom stereocenters. The Morgan fingerprint density at radius 1 is 1.13 bits per heavy atom. The maximum atomic E-state index is 12.4. The Labute approximate surface area is 137 Å². The summed E-state index contributed by atoms with van der Waals surface area (Å²) in [5, 5.41) is 2.92. The molecule has 2 aromatic rings. The second-order valence-corrected chi connectivity index (χ2v) is 6.22. The lowest BCUT2D eigenvalue weighted by Crippen LogP contribution is -2.30. The number of nitrogens with one attached hydrogen (secondary N) is 1. The molecule has 0 fully saturated rings. The van der Waals surface area contributed by atoms with E-state index >= 15 is 0 Å². The first-order valence-electron chi connectivity index (χ1n) is 8.28. The number of fused-ring (bicyclic) bond motifs is 1. The predicted molar refractivity (Wildman–Crippen MR) is 93.0 cm³/mol. The Morgan fingerprint density at radius 3 is 2.74 bits per heavy atom. The van der Waals surface area contributed by atoms with Crippen molar-refractivity contribution in [2.45, 2.75) is 45.6 Å². The van der Waals surface area contributed by atoms with Crippen LogP contribution in [-0.2, 0) is 17.6 Å². The lowest BCUT2D eigenvalue weighted by molar-refractivity contribution is -0.122. The van der Waals surface area contributed by atoms with Gasteiger partial charge in [0.25, 0.3) is 5.91 Å². The number of carbonyl (C=O) groups is 1. The summed E-state index contributed by atoms with van der Waals surface area (Å²) in [6, 6.07) is 13.9. The summed E-state index contributed by atoms with van der Waals surface area (Å²) in [4.78, 5) is 12.4. The number of carbonyl (C=O) groups excluding carboxylic acids is 1. The standard InChI is InChI=1S/C20H23NO2/c1-14-7-5-10-17(13-14)21-20(22)15(2)23-19-12-6-9-16-8-3-4-11-18(16)19/h5-7,9-10,12-13,15H,3-4,8,11H2,1-2H3,(H,21,22)/t15-/m0/s1. The van der Waals surface area contributed by atoms with E-state index in [4.69, 9.17) is 4.74 Å². The smallest absolute Gasteiger partial charge is 0.265 e. The molecule has 0 aliphatic heterocycles. The molecule has 0 radical (unpaired) electrons. The van der Waals surface area contributed by atoms with Crippen molar-refractivity contribution >= 4 is 11.6 Å². The van der Waals surface area contributed by atoms with Crippen molar-refractivity contribution in [3.63, 3.8) is 0 Å². The van der Waals surface area contributed by atoms with Gasteiger partial charge in [-0.1, -0.05) is 24.3 Å². The minimum Gasteiger partial charge on any atom is -0.481 e. The quantitative estimate of drug-likeness (QED) is 0.915. The summed E-state index contributed by atoms with van der Waals surface area (Å²) in [6.45, 7) is 3.80. The molecule has 0 heterocycles. The third-order valence-corrected chi connectivity index (χ3v) is 4.31. The first kappa shape index (κ1) is 15.6. The molecule has 3 nitrogen and oxygen atoms in total. The molecule has 1 aliphatic carbocycles. The summed E-state index contributed by atoms with van der Waals surface area (Å²) in [5.41, 5.74) is 4.56. The largest absolute Gasteiger partial charge is 0.481 e. The second-order valence-electron chi connectivity index (χ2n) is 6.22. The van der Waals surface area contributed by atoms with Crippen molar-refractivity contribution in [1.29, 1.82) is 0 Å². The summed E-state index contributed by atoms with van der Waals surface area (Å²) in [5.74, 6) is 0.734. The maximum Gasteiger partial charge on any atom is 0.265 e. The molecular formula is C20H23NO2. The van der Waals surface area contributed by atoms with Crippen LogP contribution in [0.5, 0.6) is 5.75 Å². The van der Waals surface area contributed by atoms with Gasteiger partial charge in [0, 0.05) is 5.69 Å². The summed E-state index contributed by atoms with van der Waals surface area (Å²) < 4.78 is 5.96. The maximum absolute atomic E-state index is 12.4. The number of hydrogen-bond acceptors (Lipinski definition) is 2. The average molecular weight is 309 g/mol. The minimum atomic E-state index is -0.524. The number of ether oxygens (including phenoxy) is 1. The summed E-state index contributed by atoms with van der Waals surface area (Å²) >= 11 is 0. The highest BCUT2D eigenvalue weighted by atomic mass is 16.5. The number of rotatable bonds is 4. The monoisotopic (exact) mass is 309 g/mol. The third kappa shape index (κ3) is 3.73. The number of aryl methyl sites for hydroxylation is 2.